The fraction of sp³-hybridized carbons (Fsp3) is 0. The largest absolute Gasteiger partial charge is 0.335 e. The first-order valence-electron chi connectivity index (χ1n) is 7.08. The van der Waals surface area contributed by atoms with E-state index in [1.54, 1.807) is 24.3 Å². The maximum atomic E-state index is 9.41. The molecule has 3 heterocycles. The molecule has 0 saturated carbocycles. The van der Waals surface area contributed by atoms with Gasteiger partial charge in [-0.2, -0.15) is 5.26 Å². The Labute approximate surface area is 155 Å². The highest BCUT2D eigenvalue weighted by molar-refractivity contribution is 7.99. The quantitative estimate of drug-likeness (QED) is 0.537. The van der Waals surface area contributed by atoms with Crippen LogP contribution in [-0.4, -0.2) is 19.9 Å². The summed E-state index contributed by atoms with van der Waals surface area (Å²) in [5, 5.41) is 22.0. The van der Waals surface area contributed by atoms with E-state index in [1.807, 2.05) is 17.5 Å². The summed E-state index contributed by atoms with van der Waals surface area (Å²) in [7, 11) is 0. The zero-order valence-electron chi connectivity index (χ0n) is 12.5. The lowest BCUT2D eigenvalue weighted by Gasteiger charge is -2.05. The van der Waals surface area contributed by atoms with Crippen molar-refractivity contribution in [3.05, 3.63) is 52.4 Å². The van der Waals surface area contributed by atoms with Gasteiger partial charge in [-0.1, -0.05) is 17.7 Å². The van der Waals surface area contributed by atoms with Gasteiger partial charge in [0.2, 0.25) is 5.16 Å². The van der Waals surface area contributed by atoms with Gasteiger partial charge in [0.25, 0.3) is 0 Å². The van der Waals surface area contributed by atoms with Crippen LogP contribution in [0.5, 0.6) is 0 Å². The van der Waals surface area contributed by atoms with Crippen LogP contribution in [0.25, 0.3) is 21.6 Å². The summed E-state index contributed by atoms with van der Waals surface area (Å²) >= 11 is 8.80. The van der Waals surface area contributed by atoms with Crippen molar-refractivity contribution in [3.8, 4) is 16.8 Å². The zero-order valence-corrected chi connectivity index (χ0v) is 14.9. The Hall–Kier alpha value is -2.60. The number of benzene rings is 1. The van der Waals surface area contributed by atoms with E-state index in [4.69, 9.17) is 17.4 Å². The first-order valence-corrected chi connectivity index (χ1v) is 9.16. The second-order valence-electron chi connectivity index (χ2n) is 5.04. The van der Waals surface area contributed by atoms with E-state index in [2.05, 4.69) is 21.3 Å². The van der Waals surface area contributed by atoms with Gasteiger partial charge in [0, 0.05) is 10.4 Å². The second-order valence-corrected chi connectivity index (χ2v) is 7.41. The predicted molar refractivity (Wildman–Crippen MR) is 99.1 cm³/mol. The molecular formula is C16H9ClN6S2. The molecule has 25 heavy (non-hydrogen) atoms. The zero-order chi connectivity index (χ0) is 17.4. The molecular weight excluding hydrogens is 376 g/mol. The first kappa shape index (κ1) is 15.9. The molecule has 0 spiro atoms. The van der Waals surface area contributed by atoms with Gasteiger partial charge in [0.1, 0.15) is 5.03 Å². The van der Waals surface area contributed by atoms with Crippen LogP contribution < -0.4 is 5.84 Å². The van der Waals surface area contributed by atoms with E-state index < -0.39 is 0 Å². The molecule has 2 N–H and O–H groups in total. The number of pyridine rings is 1. The van der Waals surface area contributed by atoms with Gasteiger partial charge in [-0.3, -0.25) is 0 Å². The summed E-state index contributed by atoms with van der Waals surface area (Å²) < 4.78 is 1.43. The summed E-state index contributed by atoms with van der Waals surface area (Å²) in [6.07, 6.45) is 0. The van der Waals surface area contributed by atoms with Crippen molar-refractivity contribution in [2.45, 2.75) is 10.2 Å². The molecule has 0 amide bonds. The third kappa shape index (κ3) is 2.93. The number of fused-ring (bicyclic) bond motifs is 1. The van der Waals surface area contributed by atoms with Gasteiger partial charge in [0.05, 0.1) is 22.0 Å². The van der Waals surface area contributed by atoms with E-state index in [1.165, 1.54) is 27.8 Å². The van der Waals surface area contributed by atoms with Gasteiger partial charge in [-0.15, -0.1) is 21.5 Å². The van der Waals surface area contributed by atoms with Crippen molar-refractivity contribution in [2.75, 3.05) is 5.84 Å². The number of aromatic nitrogens is 4. The van der Waals surface area contributed by atoms with E-state index in [9.17, 15) is 5.26 Å². The lowest BCUT2D eigenvalue weighted by Crippen LogP contribution is -2.11. The van der Waals surface area contributed by atoms with Crippen LogP contribution in [0, 0.1) is 11.3 Å². The molecule has 0 atom stereocenters. The maximum Gasteiger partial charge on any atom is 0.216 e. The Bertz CT molecular complexity index is 1110. The summed E-state index contributed by atoms with van der Waals surface area (Å²) in [6, 6.07) is 13.0. The third-order valence-corrected chi connectivity index (χ3v) is 5.45. The number of halogens is 1. The fourth-order valence-electron chi connectivity index (χ4n) is 2.33. The Kier molecular flexibility index (Phi) is 4.05. The monoisotopic (exact) mass is 384 g/mol. The molecule has 0 radical (unpaired) electrons. The van der Waals surface area contributed by atoms with E-state index in [-0.39, 0.29) is 0 Å². The van der Waals surface area contributed by atoms with Crippen LogP contribution in [-0.2, 0) is 0 Å². The molecule has 1 aromatic carbocycles. The Morgan fingerprint density at radius 3 is 2.88 bits per heavy atom. The number of nitrogen functional groups attached to an aromatic ring is 1. The van der Waals surface area contributed by atoms with Crippen LogP contribution in [0.15, 0.2) is 52.0 Å². The number of nitrogens with zero attached hydrogens (tertiary/aromatic N) is 5. The van der Waals surface area contributed by atoms with Crippen LogP contribution in [0.3, 0.4) is 0 Å². The molecule has 122 valence electrons. The van der Waals surface area contributed by atoms with E-state index >= 15 is 0 Å². The van der Waals surface area contributed by atoms with Crippen LogP contribution >= 0.6 is 34.7 Å². The molecule has 6 nitrogen and oxygen atoms in total. The Morgan fingerprint density at radius 2 is 2.12 bits per heavy atom. The van der Waals surface area contributed by atoms with E-state index in [0.717, 1.165) is 4.88 Å². The number of nitrogens with two attached hydrogens (primary N) is 1. The van der Waals surface area contributed by atoms with Gasteiger partial charge in [0.15, 0.2) is 5.82 Å². The van der Waals surface area contributed by atoms with Gasteiger partial charge < -0.3 is 5.84 Å². The number of thiophene rings is 1. The lowest BCUT2D eigenvalue weighted by atomic mass is 10.1. The van der Waals surface area contributed by atoms with Gasteiger partial charge in [-0.25, -0.2) is 9.66 Å². The molecule has 9 heteroatoms. The summed E-state index contributed by atoms with van der Waals surface area (Å²) in [4.78, 5) is 5.48. The molecule has 3 aromatic heterocycles. The summed E-state index contributed by atoms with van der Waals surface area (Å²) in [5.74, 6) is 6.70. The number of rotatable bonds is 3. The molecule has 4 rings (SSSR count). The van der Waals surface area contributed by atoms with Crippen molar-refractivity contribution in [2.24, 2.45) is 0 Å². The van der Waals surface area contributed by atoms with Crippen molar-refractivity contribution in [1.29, 1.82) is 5.26 Å². The molecule has 0 aliphatic rings. The van der Waals surface area contributed by atoms with Crippen LogP contribution in [0.2, 0.25) is 5.02 Å². The summed E-state index contributed by atoms with van der Waals surface area (Å²) in [6.45, 7) is 0. The van der Waals surface area contributed by atoms with Gasteiger partial charge >= 0.3 is 0 Å². The first-order chi connectivity index (χ1) is 12.2. The predicted octanol–water partition coefficient (Wildman–Crippen LogP) is 3.94. The minimum Gasteiger partial charge on any atom is -0.335 e. The molecule has 0 aliphatic heterocycles. The van der Waals surface area contributed by atoms with Crippen molar-refractivity contribution < 1.29 is 0 Å². The Balaban J connectivity index is 1.74. The number of hydrogen-bond donors (Lipinski definition) is 1. The fourth-order valence-corrected chi connectivity index (χ4v) is 3.98. The van der Waals surface area contributed by atoms with Gasteiger partial charge in [-0.05, 0) is 47.5 Å². The molecule has 4 aromatic rings. The smallest absolute Gasteiger partial charge is 0.216 e. The highest BCUT2D eigenvalue weighted by Gasteiger charge is 2.15. The highest BCUT2D eigenvalue weighted by Crippen LogP contribution is 2.31. The van der Waals surface area contributed by atoms with E-state index in [0.29, 0.717) is 37.5 Å². The normalized spacial score (nSPS) is 10.9. The minimum atomic E-state index is 0.494. The van der Waals surface area contributed by atoms with Crippen LogP contribution in [0.4, 0.5) is 0 Å². The summed E-state index contributed by atoms with van der Waals surface area (Å²) in [5.41, 5.74) is 1.18. The van der Waals surface area contributed by atoms with Crippen LogP contribution in [0.1, 0.15) is 5.56 Å². The highest BCUT2D eigenvalue weighted by atomic mass is 35.5. The third-order valence-electron chi connectivity index (χ3n) is 3.47. The Morgan fingerprint density at radius 1 is 1.24 bits per heavy atom. The lowest BCUT2D eigenvalue weighted by molar-refractivity contribution is 0.848. The van der Waals surface area contributed by atoms with Crippen molar-refractivity contribution >= 4 is 45.6 Å². The molecule has 0 fully saturated rings. The topological polar surface area (TPSA) is 93.4 Å². The molecule has 0 unspecified atom stereocenters. The SMILES string of the molecule is N#Cc1cc(Sc2nnc(-c3cccs3)n2N)nc2ccc(Cl)cc12. The average molecular weight is 385 g/mol. The second kappa shape index (κ2) is 6.37. The molecule has 0 saturated heterocycles. The maximum absolute atomic E-state index is 9.41. The molecule has 0 aliphatic carbocycles. The number of hydrogen-bond acceptors (Lipinski definition) is 7. The average Bonchev–Trinajstić information content (AvgIpc) is 3.25. The number of nitriles is 1. The standard InChI is InChI=1S/C16H9ClN6S2/c17-10-3-4-12-11(7-10)9(8-18)6-14(20-12)25-16-22-21-15(23(16)19)13-2-1-5-24-13/h1-7H,19H2. The minimum absolute atomic E-state index is 0.494. The molecule has 0 bridgehead atoms. The van der Waals surface area contributed by atoms with Crippen molar-refractivity contribution in [3.63, 3.8) is 0 Å². The van der Waals surface area contributed by atoms with Crippen molar-refractivity contribution in [1.82, 2.24) is 19.9 Å².